The van der Waals surface area contributed by atoms with E-state index in [2.05, 4.69) is 28.2 Å². The number of piperidine rings is 1. The molecule has 1 aromatic heterocycles. The second-order valence-electron chi connectivity index (χ2n) is 9.53. The molecule has 1 aliphatic heterocycles. The smallest absolute Gasteiger partial charge is 0.295 e. The van der Waals surface area contributed by atoms with Crippen molar-refractivity contribution in [1.29, 1.82) is 0 Å². The summed E-state index contributed by atoms with van der Waals surface area (Å²) in [6, 6.07) is 15.6. The van der Waals surface area contributed by atoms with Crippen LogP contribution >= 0.6 is 0 Å². The van der Waals surface area contributed by atoms with Crippen LogP contribution in [-0.2, 0) is 4.79 Å². The number of benzene rings is 2. The summed E-state index contributed by atoms with van der Waals surface area (Å²) in [5, 5.41) is 13.3. The maximum atomic E-state index is 13.9. The number of phenolic OH excluding ortho intramolecular Hbond substituents is 1. The van der Waals surface area contributed by atoms with Crippen LogP contribution in [0.15, 0.2) is 70.7 Å². The Morgan fingerprint density at radius 1 is 1.21 bits per heavy atom. The van der Waals surface area contributed by atoms with E-state index in [9.17, 15) is 9.90 Å². The molecule has 4 atom stereocenters. The molecule has 2 fully saturated rings. The van der Waals surface area contributed by atoms with Crippen molar-refractivity contribution in [3.05, 3.63) is 71.8 Å². The minimum Gasteiger partial charge on any atom is -0.508 e. The molecule has 2 heterocycles. The first-order valence-electron chi connectivity index (χ1n) is 11.6. The summed E-state index contributed by atoms with van der Waals surface area (Å²) in [6.45, 7) is 3.52. The highest BCUT2D eigenvalue weighted by Gasteiger charge is 2.54. The number of nitrogens with one attached hydrogen (secondary N) is 1. The topological polar surface area (TPSA) is 78.6 Å². The first-order chi connectivity index (χ1) is 16.1. The number of carbonyl (C=O) groups excluding carboxylic acids is 1. The average Bonchev–Trinajstić information content (AvgIpc) is 3.30. The Morgan fingerprint density at radius 3 is 2.94 bits per heavy atom. The Morgan fingerprint density at radius 2 is 2.09 bits per heavy atom. The van der Waals surface area contributed by atoms with Crippen LogP contribution < -0.4 is 5.32 Å². The molecule has 33 heavy (non-hydrogen) atoms. The van der Waals surface area contributed by atoms with Crippen LogP contribution in [-0.4, -0.2) is 40.0 Å². The number of oxazole rings is 1. The average molecular weight is 442 g/mol. The number of phenols is 1. The molecule has 0 bridgehead atoms. The summed E-state index contributed by atoms with van der Waals surface area (Å²) < 4.78 is 5.82. The Hall–Kier alpha value is -3.54. The van der Waals surface area contributed by atoms with Crippen molar-refractivity contribution >= 4 is 28.6 Å². The summed E-state index contributed by atoms with van der Waals surface area (Å²) in [5.74, 6) is 1.29. The maximum Gasteiger partial charge on any atom is 0.295 e. The van der Waals surface area contributed by atoms with E-state index in [0.29, 0.717) is 30.8 Å². The molecule has 168 valence electrons. The van der Waals surface area contributed by atoms with Crippen LogP contribution in [0.1, 0.15) is 25.3 Å². The molecular weight excluding hydrogens is 414 g/mol. The van der Waals surface area contributed by atoms with Crippen LogP contribution in [0.5, 0.6) is 5.75 Å². The number of likely N-dealkylation sites (tertiary alicyclic amines) is 1. The zero-order valence-corrected chi connectivity index (χ0v) is 18.6. The summed E-state index contributed by atoms with van der Waals surface area (Å²) in [7, 11) is 0. The van der Waals surface area contributed by atoms with E-state index in [1.807, 2.05) is 42.5 Å². The number of rotatable bonds is 5. The van der Waals surface area contributed by atoms with Gasteiger partial charge in [-0.2, -0.15) is 4.98 Å². The third-order valence-corrected chi connectivity index (χ3v) is 7.27. The number of aromatic hydroxyl groups is 1. The van der Waals surface area contributed by atoms with Gasteiger partial charge in [0.15, 0.2) is 5.58 Å². The molecule has 0 spiro atoms. The molecule has 3 aliphatic rings. The molecule has 6 nitrogen and oxygen atoms in total. The number of carbonyl (C=O) groups is 1. The monoisotopic (exact) mass is 441 g/mol. The van der Waals surface area contributed by atoms with E-state index >= 15 is 0 Å². The van der Waals surface area contributed by atoms with Crippen LogP contribution in [0.3, 0.4) is 0 Å². The normalized spacial score (nSPS) is 26.0. The van der Waals surface area contributed by atoms with Gasteiger partial charge in [-0.1, -0.05) is 42.0 Å². The van der Waals surface area contributed by atoms with Crippen molar-refractivity contribution in [2.45, 2.75) is 25.8 Å². The Labute approximate surface area is 192 Å². The standard InChI is InChI=1S/C27H27N3O3/c1-16-9-10-20(17-5-4-6-19(31)12-17)22(11-16)26(32)30-15-18-13-21(18)24(30)14-28-27-29-23-7-2-3-8-25(23)33-27/h2-10,12,18,21-22,24,31H,11,13-15H2,1H3,(H,28,29). The molecule has 2 aliphatic carbocycles. The van der Waals surface area contributed by atoms with E-state index in [-0.39, 0.29) is 23.6 Å². The fourth-order valence-electron chi connectivity index (χ4n) is 5.48. The molecule has 1 amide bonds. The number of anilines is 1. The lowest BCUT2D eigenvalue weighted by molar-refractivity contribution is -0.135. The molecule has 6 rings (SSSR count). The third-order valence-electron chi connectivity index (χ3n) is 7.27. The molecular formula is C27H27N3O3. The van der Waals surface area contributed by atoms with Crippen LogP contribution in [0, 0.1) is 17.8 Å². The van der Waals surface area contributed by atoms with Gasteiger partial charge >= 0.3 is 0 Å². The fourth-order valence-corrected chi connectivity index (χ4v) is 5.48. The molecule has 6 heteroatoms. The highest BCUT2D eigenvalue weighted by atomic mass is 16.4. The summed E-state index contributed by atoms with van der Waals surface area (Å²) >= 11 is 0. The number of nitrogens with zero attached hydrogens (tertiary/aromatic N) is 2. The van der Waals surface area contributed by atoms with Crippen LogP contribution in [0.4, 0.5) is 6.01 Å². The molecule has 4 unspecified atom stereocenters. The van der Waals surface area contributed by atoms with Crippen molar-refractivity contribution < 1.29 is 14.3 Å². The van der Waals surface area contributed by atoms with Gasteiger partial charge in [-0.3, -0.25) is 4.79 Å². The van der Waals surface area contributed by atoms with E-state index in [4.69, 9.17) is 4.42 Å². The second-order valence-corrected chi connectivity index (χ2v) is 9.53. The minimum absolute atomic E-state index is 0.133. The van der Waals surface area contributed by atoms with Gasteiger partial charge in [0, 0.05) is 13.1 Å². The Bertz CT molecular complexity index is 1260. The first-order valence-corrected chi connectivity index (χ1v) is 11.6. The number of hydrogen-bond donors (Lipinski definition) is 2. The number of allylic oxidation sites excluding steroid dienone is 3. The van der Waals surface area contributed by atoms with Crippen molar-refractivity contribution in [1.82, 2.24) is 9.88 Å². The summed E-state index contributed by atoms with van der Waals surface area (Å²) in [6.07, 6.45) is 6.01. The number of hydrogen-bond acceptors (Lipinski definition) is 5. The quantitative estimate of drug-likeness (QED) is 0.592. The number of amides is 1. The SMILES string of the molecule is CC1=CC=C(c2cccc(O)c2)C(C(=O)N2CC3CC3C2CNc2nc3ccccc3o2)C1. The number of aromatic nitrogens is 1. The molecule has 2 aromatic carbocycles. The Kier molecular flexibility index (Phi) is 4.75. The van der Waals surface area contributed by atoms with Crippen molar-refractivity contribution in [3.8, 4) is 5.75 Å². The van der Waals surface area contributed by atoms with Crippen molar-refractivity contribution in [2.75, 3.05) is 18.4 Å². The molecule has 3 aromatic rings. The van der Waals surface area contributed by atoms with Gasteiger partial charge in [0.05, 0.1) is 12.0 Å². The predicted octanol–water partition coefficient (Wildman–Crippen LogP) is 4.84. The number of fused-ring (bicyclic) bond motifs is 2. The van der Waals surface area contributed by atoms with Gasteiger partial charge in [0.2, 0.25) is 5.91 Å². The zero-order chi connectivity index (χ0) is 22.5. The first kappa shape index (κ1) is 20.1. The van der Waals surface area contributed by atoms with E-state index in [0.717, 1.165) is 28.8 Å². The Balaban J connectivity index is 1.22. The predicted molar refractivity (Wildman–Crippen MR) is 128 cm³/mol. The van der Waals surface area contributed by atoms with Crippen molar-refractivity contribution in [3.63, 3.8) is 0 Å². The lowest BCUT2D eigenvalue weighted by atomic mass is 9.82. The van der Waals surface area contributed by atoms with Gasteiger partial charge < -0.3 is 19.7 Å². The van der Waals surface area contributed by atoms with E-state index in [1.54, 1.807) is 12.1 Å². The maximum absolute atomic E-state index is 13.9. The lowest BCUT2D eigenvalue weighted by Crippen LogP contribution is -2.45. The largest absolute Gasteiger partial charge is 0.508 e. The highest BCUT2D eigenvalue weighted by molar-refractivity contribution is 5.94. The third kappa shape index (κ3) is 3.69. The molecule has 1 saturated heterocycles. The van der Waals surface area contributed by atoms with Gasteiger partial charge in [0.1, 0.15) is 11.3 Å². The summed E-state index contributed by atoms with van der Waals surface area (Å²) in [4.78, 5) is 20.5. The van der Waals surface area contributed by atoms with Gasteiger partial charge in [-0.05, 0) is 67.0 Å². The fraction of sp³-hybridized carbons (Fsp3) is 0.333. The van der Waals surface area contributed by atoms with Crippen LogP contribution in [0.25, 0.3) is 16.7 Å². The number of para-hydroxylation sites is 2. The van der Waals surface area contributed by atoms with E-state index < -0.39 is 0 Å². The van der Waals surface area contributed by atoms with Gasteiger partial charge in [-0.15, -0.1) is 0 Å². The molecule has 2 N–H and O–H groups in total. The van der Waals surface area contributed by atoms with E-state index in [1.165, 1.54) is 12.0 Å². The van der Waals surface area contributed by atoms with Crippen molar-refractivity contribution in [2.24, 2.45) is 17.8 Å². The molecule has 1 saturated carbocycles. The lowest BCUT2D eigenvalue weighted by Gasteiger charge is -2.33. The van der Waals surface area contributed by atoms with Gasteiger partial charge in [-0.25, -0.2) is 0 Å². The van der Waals surface area contributed by atoms with Crippen LogP contribution in [0.2, 0.25) is 0 Å². The summed E-state index contributed by atoms with van der Waals surface area (Å²) in [5.41, 5.74) is 4.67. The minimum atomic E-state index is -0.235. The highest BCUT2D eigenvalue weighted by Crippen LogP contribution is 2.50. The second kappa shape index (κ2) is 7.80. The zero-order valence-electron chi connectivity index (χ0n) is 18.6. The molecule has 0 radical (unpaired) electrons. The van der Waals surface area contributed by atoms with Gasteiger partial charge in [0.25, 0.3) is 6.01 Å².